The first-order chi connectivity index (χ1) is 12.7. The monoisotopic (exact) mass is 375 g/mol. The fourth-order valence-electron chi connectivity index (χ4n) is 3.20. The molecule has 3 aromatic rings. The molecule has 0 amide bonds. The molecule has 1 fully saturated rings. The van der Waals surface area contributed by atoms with Crippen LogP contribution in [0, 0.1) is 5.82 Å². The Hall–Kier alpha value is -2.21. The summed E-state index contributed by atoms with van der Waals surface area (Å²) in [5.74, 6) is 0.279. The van der Waals surface area contributed by atoms with Gasteiger partial charge in [0.15, 0.2) is 17.5 Å². The first-order valence-corrected chi connectivity index (χ1v) is 9.50. The standard InChI is InChI=1S/C17H17ClFN5.C2H6/c18-10-6-12-13(8-21-15(12)20-7-10)16-22-9-14(19)17(24-16)23-11-4-2-1-3-5-11;1-2/h6-9,11H,1-5H2,(H,20,21)(H,22,23,24);1-2H3. The minimum Gasteiger partial charge on any atom is -0.365 e. The van der Waals surface area contributed by atoms with Crippen LogP contribution >= 0.6 is 11.6 Å². The molecule has 0 radical (unpaired) electrons. The zero-order valence-electron chi connectivity index (χ0n) is 15.0. The van der Waals surface area contributed by atoms with Crippen LogP contribution in [-0.4, -0.2) is 26.0 Å². The van der Waals surface area contributed by atoms with Crippen LogP contribution < -0.4 is 5.32 Å². The number of rotatable bonds is 3. The second-order valence-electron chi connectivity index (χ2n) is 6.12. The quantitative estimate of drug-likeness (QED) is 0.626. The molecule has 1 aliphatic rings. The lowest BCUT2D eigenvalue weighted by Crippen LogP contribution is -2.23. The summed E-state index contributed by atoms with van der Waals surface area (Å²) >= 11 is 6.03. The SMILES string of the molecule is CC.Fc1cnc(-c2c[nH]c3ncc(Cl)cc23)nc1NC1CCCCC1. The Morgan fingerprint density at radius 2 is 1.92 bits per heavy atom. The second-order valence-corrected chi connectivity index (χ2v) is 6.56. The number of hydrogen-bond donors (Lipinski definition) is 2. The summed E-state index contributed by atoms with van der Waals surface area (Å²) in [6.45, 7) is 4.00. The number of halogens is 2. The van der Waals surface area contributed by atoms with E-state index in [1.165, 1.54) is 25.5 Å². The lowest BCUT2D eigenvalue weighted by Gasteiger charge is -2.23. The van der Waals surface area contributed by atoms with Crippen molar-refractivity contribution in [3.8, 4) is 11.4 Å². The molecule has 0 bridgehead atoms. The fraction of sp³-hybridized carbons (Fsp3) is 0.421. The summed E-state index contributed by atoms with van der Waals surface area (Å²) in [5, 5.41) is 4.58. The van der Waals surface area contributed by atoms with E-state index in [2.05, 4.69) is 25.3 Å². The van der Waals surface area contributed by atoms with Crippen LogP contribution in [-0.2, 0) is 0 Å². The predicted octanol–water partition coefficient (Wildman–Crippen LogP) is 5.58. The van der Waals surface area contributed by atoms with E-state index >= 15 is 0 Å². The highest BCUT2D eigenvalue weighted by Crippen LogP contribution is 2.29. The van der Waals surface area contributed by atoms with Gasteiger partial charge in [0.25, 0.3) is 0 Å². The summed E-state index contributed by atoms with van der Waals surface area (Å²) < 4.78 is 14.1. The molecule has 7 heteroatoms. The van der Waals surface area contributed by atoms with Crippen molar-refractivity contribution in [1.82, 2.24) is 19.9 Å². The number of aromatic amines is 1. The topological polar surface area (TPSA) is 66.5 Å². The van der Waals surface area contributed by atoms with Crippen LogP contribution in [0.15, 0.2) is 24.7 Å². The molecule has 1 saturated carbocycles. The van der Waals surface area contributed by atoms with Gasteiger partial charge in [-0.15, -0.1) is 0 Å². The van der Waals surface area contributed by atoms with Crippen LogP contribution in [0.25, 0.3) is 22.4 Å². The number of pyridine rings is 1. The highest BCUT2D eigenvalue weighted by molar-refractivity contribution is 6.31. The van der Waals surface area contributed by atoms with Crippen molar-refractivity contribution in [3.05, 3.63) is 35.5 Å². The highest BCUT2D eigenvalue weighted by Gasteiger charge is 2.18. The molecule has 2 N–H and O–H groups in total. The molecule has 0 spiro atoms. The van der Waals surface area contributed by atoms with Gasteiger partial charge in [0, 0.05) is 29.4 Å². The van der Waals surface area contributed by atoms with E-state index in [1.54, 1.807) is 18.5 Å². The summed E-state index contributed by atoms with van der Waals surface area (Å²) in [6.07, 6.45) is 10.2. The molecule has 26 heavy (non-hydrogen) atoms. The van der Waals surface area contributed by atoms with Crippen LogP contribution in [0.4, 0.5) is 10.2 Å². The number of nitrogens with one attached hydrogen (secondary N) is 2. The van der Waals surface area contributed by atoms with Crippen molar-refractivity contribution in [1.29, 1.82) is 0 Å². The van der Waals surface area contributed by atoms with Gasteiger partial charge >= 0.3 is 0 Å². The molecule has 0 unspecified atom stereocenters. The van der Waals surface area contributed by atoms with Crippen LogP contribution in [0.3, 0.4) is 0 Å². The number of nitrogens with zero attached hydrogens (tertiary/aromatic N) is 3. The third kappa shape index (κ3) is 3.96. The molecule has 3 aromatic heterocycles. The summed E-state index contributed by atoms with van der Waals surface area (Å²) in [4.78, 5) is 15.8. The third-order valence-corrected chi connectivity index (χ3v) is 4.64. The molecule has 138 valence electrons. The maximum absolute atomic E-state index is 14.1. The minimum absolute atomic E-state index is 0.260. The third-order valence-electron chi connectivity index (χ3n) is 4.43. The van der Waals surface area contributed by atoms with Crippen molar-refractivity contribution in [2.45, 2.75) is 52.0 Å². The van der Waals surface area contributed by atoms with Gasteiger partial charge < -0.3 is 10.3 Å². The van der Waals surface area contributed by atoms with Crippen molar-refractivity contribution >= 4 is 28.5 Å². The van der Waals surface area contributed by atoms with Crippen molar-refractivity contribution in [2.75, 3.05) is 5.32 Å². The Labute approximate surface area is 157 Å². The van der Waals surface area contributed by atoms with Gasteiger partial charge in [-0.05, 0) is 18.9 Å². The van der Waals surface area contributed by atoms with E-state index in [9.17, 15) is 4.39 Å². The molecule has 5 nitrogen and oxygen atoms in total. The van der Waals surface area contributed by atoms with E-state index in [0.717, 1.165) is 23.8 Å². The van der Waals surface area contributed by atoms with E-state index in [0.29, 0.717) is 16.5 Å². The van der Waals surface area contributed by atoms with E-state index in [-0.39, 0.29) is 11.9 Å². The number of H-pyrrole nitrogens is 1. The zero-order valence-corrected chi connectivity index (χ0v) is 15.8. The first-order valence-electron chi connectivity index (χ1n) is 9.13. The Bertz CT molecular complexity index is 873. The van der Waals surface area contributed by atoms with E-state index < -0.39 is 5.82 Å². The average Bonchev–Trinajstić information content (AvgIpc) is 3.09. The molecule has 0 aliphatic heterocycles. The number of aromatic nitrogens is 4. The van der Waals surface area contributed by atoms with Gasteiger partial charge in [0.05, 0.1) is 11.2 Å². The molecule has 0 saturated heterocycles. The van der Waals surface area contributed by atoms with Gasteiger partial charge in [0.2, 0.25) is 0 Å². The Balaban J connectivity index is 0.000000948. The molecule has 4 rings (SSSR count). The van der Waals surface area contributed by atoms with Crippen molar-refractivity contribution in [3.63, 3.8) is 0 Å². The zero-order chi connectivity index (χ0) is 18.5. The number of fused-ring (bicyclic) bond motifs is 1. The smallest absolute Gasteiger partial charge is 0.183 e. The number of anilines is 1. The summed E-state index contributed by atoms with van der Waals surface area (Å²) in [5.41, 5.74) is 1.45. The molecule has 0 atom stereocenters. The molecular formula is C19H23ClFN5. The van der Waals surface area contributed by atoms with E-state index in [1.807, 2.05) is 13.8 Å². The fourth-order valence-corrected chi connectivity index (χ4v) is 3.36. The van der Waals surface area contributed by atoms with Crippen LogP contribution in [0.1, 0.15) is 46.0 Å². The number of hydrogen-bond acceptors (Lipinski definition) is 4. The van der Waals surface area contributed by atoms with Crippen LogP contribution in [0.5, 0.6) is 0 Å². The Kier molecular flexibility index (Phi) is 6.04. The molecular weight excluding hydrogens is 353 g/mol. The average molecular weight is 376 g/mol. The van der Waals surface area contributed by atoms with Crippen molar-refractivity contribution in [2.24, 2.45) is 0 Å². The van der Waals surface area contributed by atoms with Crippen molar-refractivity contribution < 1.29 is 4.39 Å². The maximum Gasteiger partial charge on any atom is 0.183 e. The van der Waals surface area contributed by atoms with Crippen LogP contribution in [0.2, 0.25) is 5.02 Å². The van der Waals surface area contributed by atoms with Gasteiger partial charge in [-0.1, -0.05) is 44.7 Å². The molecule has 0 aromatic carbocycles. The normalized spacial score (nSPS) is 14.8. The van der Waals surface area contributed by atoms with Gasteiger partial charge in [-0.3, -0.25) is 0 Å². The van der Waals surface area contributed by atoms with Gasteiger partial charge in [0.1, 0.15) is 5.65 Å². The maximum atomic E-state index is 14.1. The highest BCUT2D eigenvalue weighted by atomic mass is 35.5. The lowest BCUT2D eigenvalue weighted by molar-refractivity contribution is 0.459. The minimum atomic E-state index is -0.430. The largest absolute Gasteiger partial charge is 0.365 e. The summed E-state index contributed by atoms with van der Waals surface area (Å²) in [7, 11) is 0. The molecule has 3 heterocycles. The Morgan fingerprint density at radius 3 is 2.69 bits per heavy atom. The summed E-state index contributed by atoms with van der Waals surface area (Å²) in [6, 6.07) is 2.08. The van der Waals surface area contributed by atoms with E-state index in [4.69, 9.17) is 11.6 Å². The Morgan fingerprint density at radius 1 is 1.15 bits per heavy atom. The molecule has 1 aliphatic carbocycles. The second kappa shape index (κ2) is 8.45. The lowest BCUT2D eigenvalue weighted by atomic mass is 9.95. The predicted molar refractivity (Wildman–Crippen MR) is 104 cm³/mol. The van der Waals surface area contributed by atoms with Gasteiger partial charge in [-0.2, -0.15) is 0 Å². The first kappa shape index (κ1) is 18.6. The van der Waals surface area contributed by atoms with Gasteiger partial charge in [-0.25, -0.2) is 19.3 Å².